The van der Waals surface area contributed by atoms with Crippen LogP contribution < -0.4 is 5.32 Å². The highest BCUT2D eigenvalue weighted by molar-refractivity contribution is 6.37. The number of carbonyl (C=O) groups excluding carboxylic acids is 2. The zero-order valence-corrected chi connectivity index (χ0v) is 13.7. The monoisotopic (exact) mass is 349 g/mol. The molecule has 1 N–H and O–H groups in total. The van der Waals surface area contributed by atoms with Gasteiger partial charge in [-0.3, -0.25) is 4.79 Å². The van der Waals surface area contributed by atoms with E-state index in [9.17, 15) is 9.59 Å². The Balaban J connectivity index is 2.11. The second kappa shape index (κ2) is 7.81. The molecule has 0 aliphatic rings. The Kier molecular flexibility index (Phi) is 5.79. The van der Waals surface area contributed by atoms with E-state index in [2.05, 4.69) is 10.1 Å². The third-order valence-electron chi connectivity index (χ3n) is 2.95. The van der Waals surface area contributed by atoms with Gasteiger partial charge in [-0.15, -0.1) is 0 Å². The lowest BCUT2D eigenvalue weighted by Gasteiger charge is -2.05. The van der Waals surface area contributed by atoms with Crippen LogP contribution >= 0.6 is 23.2 Å². The van der Waals surface area contributed by atoms with Gasteiger partial charge in [0.25, 0.3) is 0 Å². The van der Waals surface area contributed by atoms with Crippen molar-refractivity contribution >= 4 is 46.8 Å². The number of hydrogen-bond acceptors (Lipinski definition) is 3. The lowest BCUT2D eigenvalue weighted by molar-refractivity contribution is -0.111. The van der Waals surface area contributed by atoms with E-state index in [1.54, 1.807) is 36.4 Å². The van der Waals surface area contributed by atoms with Crippen molar-refractivity contribution in [2.45, 2.75) is 0 Å². The van der Waals surface area contributed by atoms with E-state index in [1.807, 2.05) is 0 Å². The summed E-state index contributed by atoms with van der Waals surface area (Å²) in [6.07, 6.45) is 2.85. The highest BCUT2D eigenvalue weighted by atomic mass is 35.5. The molecule has 2 rings (SSSR count). The summed E-state index contributed by atoms with van der Waals surface area (Å²) in [7, 11) is 1.30. The van der Waals surface area contributed by atoms with Crippen molar-refractivity contribution in [1.82, 2.24) is 0 Å². The molecule has 0 heterocycles. The second-order valence-corrected chi connectivity index (χ2v) is 5.34. The molecule has 1 amide bonds. The SMILES string of the molecule is COC(=O)c1cccc(NC(=O)C=Cc2c(Cl)cccc2Cl)c1. The van der Waals surface area contributed by atoms with Crippen molar-refractivity contribution in [3.8, 4) is 0 Å². The first-order chi connectivity index (χ1) is 11.0. The number of ether oxygens (including phenoxy) is 1. The van der Waals surface area contributed by atoms with E-state index in [0.717, 1.165) is 0 Å². The van der Waals surface area contributed by atoms with Crippen LogP contribution in [-0.2, 0) is 9.53 Å². The molecule has 0 saturated heterocycles. The minimum atomic E-state index is -0.473. The van der Waals surface area contributed by atoms with Crippen molar-refractivity contribution in [2.75, 3.05) is 12.4 Å². The van der Waals surface area contributed by atoms with E-state index in [4.69, 9.17) is 23.2 Å². The predicted octanol–water partition coefficient (Wildman–Crippen LogP) is 4.43. The van der Waals surface area contributed by atoms with Gasteiger partial charge < -0.3 is 10.1 Å². The summed E-state index contributed by atoms with van der Waals surface area (Å²) in [6.45, 7) is 0. The molecule has 118 valence electrons. The van der Waals surface area contributed by atoms with Crippen LogP contribution in [0.15, 0.2) is 48.5 Å². The maximum atomic E-state index is 12.0. The smallest absolute Gasteiger partial charge is 0.337 e. The van der Waals surface area contributed by atoms with Gasteiger partial charge in [0.2, 0.25) is 5.91 Å². The molecule has 0 aliphatic carbocycles. The predicted molar refractivity (Wildman–Crippen MR) is 91.9 cm³/mol. The fourth-order valence-electron chi connectivity index (χ4n) is 1.85. The van der Waals surface area contributed by atoms with Crippen LogP contribution in [0.3, 0.4) is 0 Å². The Labute approximate surface area is 143 Å². The molecule has 0 bridgehead atoms. The van der Waals surface area contributed by atoms with Crippen molar-refractivity contribution in [2.24, 2.45) is 0 Å². The fraction of sp³-hybridized carbons (Fsp3) is 0.0588. The lowest BCUT2D eigenvalue weighted by Crippen LogP contribution is -2.09. The van der Waals surface area contributed by atoms with Crippen molar-refractivity contribution < 1.29 is 14.3 Å². The first-order valence-corrected chi connectivity index (χ1v) is 7.38. The lowest BCUT2D eigenvalue weighted by atomic mass is 10.2. The highest BCUT2D eigenvalue weighted by Crippen LogP contribution is 2.25. The average Bonchev–Trinajstić information content (AvgIpc) is 2.54. The Morgan fingerprint density at radius 1 is 1.09 bits per heavy atom. The number of nitrogens with one attached hydrogen (secondary N) is 1. The summed E-state index contributed by atoms with van der Waals surface area (Å²) < 4.78 is 4.63. The summed E-state index contributed by atoms with van der Waals surface area (Å²) in [5.74, 6) is -0.845. The van der Waals surface area contributed by atoms with E-state index in [-0.39, 0.29) is 5.91 Å². The molecule has 6 heteroatoms. The van der Waals surface area contributed by atoms with Crippen LogP contribution in [0.5, 0.6) is 0 Å². The minimum Gasteiger partial charge on any atom is -0.465 e. The van der Waals surface area contributed by atoms with Gasteiger partial charge >= 0.3 is 5.97 Å². The molecule has 2 aromatic rings. The number of esters is 1. The van der Waals surface area contributed by atoms with Crippen molar-refractivity contribution in [1.29, 1.82) is 0 Å². The number of rotatable bonds is 4. The number of hydrogen-bond donors (Lipinski definition) is 1. The molecule has 0 unspecified atom stereocenters. The molecular weight excluding hydrogens is 337 g/mol. The molecule has 0 atom stereocenters. The summed E-state index contributed by atoms with van der Waals surface area (Å²) in [5, 5.41) is 3.56. The Hall–Kier alpha value is -2.30. The maximum absolute atomic E-state index is 12.0. The van der Waals surface area contributed by atoms with Gasteiger partial charge in [-0.2, -0.15) is 0 Å². The van der Waals surface area contributed by atoms with Gasteiger partial charge in [0.15, 0.2) is 0 Å². The van der Waals surface area contributed by atoms with E-state index in [1.165, 1.54) is 25.3 Å². The molecule has 2 aromatic carbocycles. The summed E-state index contributed by atoms with van der Waals surface area (Å²) in [5.41, 5.74) is 1.39. The number of amides is 1. The fourth-order valence-corrected chi connectivity index (χ4v) is 2.38. The zero-order valence-electron chi connectivity index (χ0n) is 12.2. The van der Waals surface area contributed by atoms with E-state index >= 15 is 0 Å². The maximum Gasteiger partial charge on any atom is 0.337 e. The Morgan fingerprint density at radius 2 is 1.74 bits per heavy atom. The van der Waals surface area contributed by atoms with Gasteiger partial charge in [0.1, 0.15) is 0 Å². The van der Waals surface area contributed by atoms with Gasteiger partial charge in [-0.1, -0.05) is 35.3 Å². The Morgan fingerprint density at radius 3 is 2.39 bits per heavy atom. The molecular formula is C17H13Cl2NO3. The number of anilines is 1. The number of carbonyl (C=O) groups is 2. The van der Waals surface area contributed by atoms with Crippen molar-refractivity contribution in [3.05, 3.63) is 69.7 Å². The molecule has 0 saturated carbocycles. The van der Waals surface area contributed by atoms with E-state index in [0.29, 0.717) is 26.9 Å². The molecule has 0 radical (unpaired) electrons. The van der Waals surface area contributed by atoms with Crippen LogP contribution in [0, 0.1) is 0 Å². The standard InChI is InChI=1S/C17H13Cl2NO3/c1-23-17(22)11-4-2-5-12(10-11)20-16(21)9-8-13-14(18)6-3-7-15(13)19/h2-10H,1H3,(H,20,21). The molecule has 0 aliphatic heterocycles. The molecule has 0 fully saturated rings. The van der Waals surface area contributed by atoms with Crippen LogP contribution in [0.1, 0.15) is 15.9 Å². The van der Waals surface area contributed by atoms with Crippen LogP contribution in [-0.4, -0.2) is 19.0 Å². The third-order valence-corrected chi connectivity index (χ3v) is 3.61. The molecule has 23 heavy (non-hydrogen) atoms. The van der Waals surface area contributed by atoms with Gasteiger partial charge in [-0.25, -0.2) is 4.79 Å². The summed E-state index contributed by atoms with van der Waals surface area (Å²) in [6, 6.07) is 11.5. The summed E-state index contributed by atoms with van der Waals surface area (Å²) >= 11 is 12.1. The average molecular weight is 350 g/mol. The zero-order chi connectivity index (χ0) is 16.8. The number of halogens is 2. The normalized spacial score (nSPS) is 10.6. The molecule has 0 aromatic heterocycles. The summed E-state index contributed by atoms with van der Waals surface area (Å²) in [4.78, 5) is 23.4. The van der Waals surface area contributed by atoms with E-state index < -0.39 is 5.97 Å². The van der Waals surface area contributed by atoms with Crippen LogP contribution in [0.4, 0.5) is 5.69 Å². The molecule has 0 spiro atoms. The van der Waals surface area contributed by atoms with Gasteiger partial charge in [0.05, 0.1) is 12.7 Å². The highest BCUT2D eigenvalue weighted by Gasteiger charge is 2.07. The topological polar surface area (TPSA) is 55.4 Å². The van der Waals surface area contributed by atoms with Crippen LogP contribution in [0.2, 0.25) is 10.0 Å². The van der Waals surface area contributed by atoms with Crippen LogP contribution in [0.25, 0.3) is 6.08 Å². The first kappa shape index (κ1) is 17.1. The second-order valence-electron chi connectivity index (χ2n) is 4.53. The largest absolute Gasteiger partial charge is 0.465 e. The van der Waals surface area contributed by atoms with Crippen molar-refractivity contribution in [3.63, 3.8) is 0 Å². The first-order valence-electron chi connectivity index (χ1n) is 6.62. The molecule has 4 nitrogen and oxygen atoms in total. The van der Waals surface area contributed by atoms with Gasteiger partial charge in [0, 0.05) is 27.4 Å². The number of methoxy groups -OCH3 is 1. The van der Waals surface area contributed by atoms with Gasteiger partial charge in [-0.05, 0) is 36.4 Å². The Bertz CT molecular complexity index is 752. The number of benzene rings is 2. The minimum absolute atomic E-state index is 0.350. The quantitative estimate of drug-likeness (QED) is 0.656. The third kappa shape index (κ3) is 4.58.